The molecule has 111 heavy (non-hydrogen) atoms. The van der Waals surface area contributed by atoms with E-state index in [-0.39, 0.29) is 255 Å². The second kappa shape index (κ2) is 39.4. The van der Waals surface area contributed by atoms with Crippen molar-refractivity contribution in [2.24, 2.45) is 20.5 Å². The number of benzene rings is 9. The van der Waals surface area contributed by atoms with Gasteiger partial charge in [0.05, 0.1) is 50.5 Å². The zero-order valence-corrected chi connectivity index (χ0v) is 81.5. The summed E-state index contributed by atoms with van der Waals surface area (Å²) in [6, 6.07) is 17.3. The first-order valence-corrected chi connectivity index (χ1v) is 39.0. The Morgan fingerprint density at radius 1 is 0.351 bits per heavy atom. The van der Waals surface area contributed by atoms with E-state index in [0.29, 0.717) is 54.1 Å². The van der Waals surface area contributed by atoms with E-state index in [1.165, 1.54) is 24.3 Å². The molecule has 0 spiro atoms. The van der Waals surface area contributed by atoms with Crippen LogP contribution < -0.4 is 258 Å². The minimum absolute atomic E-state index is 0. The van der Waals surface area contributed by atoms with Crippen molar-refractivity contribution in [3.63, 3.8) is 0 Å². The zero-order valence-electron chi connectivity index (χ0n) is 57.4. The fourth-order valence-corrected chi connectivity index (χ4v) is 15.8. The maximum absolute atomic E-state index is 12.8. The van der Waals surface area contributed by atoms with Crippen molar-refractivity contribution in [2.75, 3.05) is 21.3 Å². The van der Waals surface area contributed by atoms with Gasteiger partial charge < -0.3 is 67.9 Å². The molecule has 0 saturated heterocycles. The van der Waals surface area contributed by atoms with Crippen molar-refractivity contribution in [1.82, 2.24) is 29.9 Å². The Balaban J connectivity index is 0.00000399. The molecule has 0 atom stereocenters. The van der Waals surface area contributed by atoms with E-state index in [2.05, 4.69) is 71.6 Å². The number of fused-ring (bicyclic) bond motifs is 4. The van der Waals surface area contributed by atoms with Crippen LogP contribution in [0.25, 0.3) is 43.1 Å². The molecule has 11 aromatic rings. The topological polar surface area (TPSA) is 673 Å². The zero-order chi connectivity index (χ0) is 75.2. The normalized spacial score (nSPS) is 12.1. The fraction of sp³-hybridized carbons (Fsp3) is 0.0189. The van der Waals surface area contributed by atoms with Crippen LogP contribution in [0, 0.1) is 0 Å². The van der Waals surface area contributed by atoms with E-state index in [1.807, 2.05) is 0 Å². The number of rotatable bonds is 21. The molecule has 2 heterocycles. The van der Waals surface area contributed by atoms with Gasteiger partial charge >= 0.3 is 236 Å². The summed E-state index contributed by atoms with van der Waals surface area (Å²) in [7, 11) is -44.7. The maximum atomic E-state index is 12.8. The predicted molar refractivity (Wildman–Crippen MR) is 344 cm³/mol. The van der Waals surface area contributed by atoms with Crippen LogP contribution in [0.15, 0.2) is 181 Å². The van der Waals surface area contributed by atoms with Crippen LogP contribution in [0.1, 0.15) is 5.56 Å². The van der Waals surface area contributed by atoms with Gasteiger partial charge in [0.25, 0.3) is 0 Å². The number of phenols is 2. The van der Waals surface area contributed by atoms with Crippen molar-refractivity contribution >= 4 is 211 Å². The first-order chi connectivity index (χ1) is 47.7. The van der Waals surface area contributed by atoms with E-state index in [0.717, 1.165) is 48.5 Å². The average Bonchev–Trinajstić information content (AvgIpc) is 0.758. The molecule has 58 heteroatoms. The first-order valence-electron chi connectivity index (χ1n) is 27.0. The van der Waals surface area contributed by atoms with Gasteiger partial charge in [-0.25, -0.2) is 67.3 Å². The van der Waals surface area contributed by atoms with E-state index < -0.39 is 237 Å². The summed E-state index contributed by atoms with van der Waals surface area (Å²) in [6.45, 7) is -0.233. The molecule has 6 N–H and O–H groups in total. The van der Waals surface area contributed by atoms with Gasteiger partial charge in [-0.1, -0.05) is 48.5 Å². The van der Waals surface area contributed by atoms with E-state index in [1.54, 1.807) is 0 Å². The Morgan fingerprint density at radius 2 is 0.703 bits per heavy atom. The Hall–Kier alpha value is -2.10. The van der Waals surface area contributed by atoms with Crippen molar-refractivity contribution in [3.8, 4) is 11.5 Å². The van der Waals surface area contributed by atoms with Crippen molar-refractivity contribution in [1.29, 1.82) is 0 Å². The number of anilines is 7. The number of hydrogen-bond donors (Lipinski definition) is 6. The second-order valence-corrected chi connectivity index (χ2v) is 32.2. The molecule has 0 aliphatic heterocycles. The Kier molecular flexibility index (Phi) is 36.6. The number of phenolic OH excluding ortho intramolecular Hbond substituents is 2. The number of halogens is 2. The summed E-state index contributed by atoms with van der Waals surface area (Å²) in [6.07, 6.45) is 0. The third-order valence-corrected chi connectivity index (χ3v) is 21.5. The van der Waals surface area contributed by atoms with E-state index >= 15 is 0 Å². The van der Waals surface area contributed by atoms with Gasteiger partial charge in [0, 0.05) is 44.5 Å². The third-order valence-electron chi connectivity index (χ3n) is 14.2. The SMILES string of the molecule is O=S(=O)([O-])c1cc(Nc2nc(Cl)nc(NCc3cccc(Nc4nc(Cl)nc(Nc5cc(S(=O)(=O)[O-])cc6cc(S(=O)(=O)[O-])c(N=Nc7ccc8c(S(=O)(=O)[O-])cccc8c7S(=O)(=O)[O-])c(O)c56)n4)c3)n2)c2c(O)c(N=Nc3ccc4c(S(=O)(=O)[O-])cccc4c3S(=O)(=O)[O-])c(S(=O)(=O)[O-])cc2c1.[Na+].[Na+].[Na+].[Na+].[Na+].[Na+].[Na+].[Na+]. The van der Waals surface area contributed by atoms with Gasteiger partial charge in [-0.05, 0) is 112 Å². The summed E-state index contributed by atoms with van der Waals surface area (Å²) >= 11 is 12.5. The number of nitrogens with one attached hydrogen (secondary N) is 4. The largest absolute Gasteiger partial charge is 1.00 e. The summed E-state index contributed by atoms with van der Waals surface area (Å²) in [5.74, 6) is -4.76. The van der Waals surface area contributed by atoms with Gasteiger partial charge in [0.2, 0.25) is 34.4 Å². The number of aromatic nitrogens is 6. The van der Waals surface area contributed by atoms with E-state index in [4.69, 9.17) is 23.2 Å². The summed E-state index contributed by atoms with van der Waals surface area (Å²) in [5.41, 5.74) is -5.34. The van der Waals surface area contributed by atoms with Gasteiger partial charge in [0.15, 0.2) is 11.5 Å². The molecule has 40 nitrogen and oxygen atoms in total. The molecule has 11 rings (SSSR count). The molecular formula is C53H28Cl2N14Na8O26S8. The van der Waals surface area contributed by atoms with Crippen LogP contribution in [0.4, 0.5) is 63.6 Å². The van der Waals surface area contributed by atoms with Crippen LogP contribution in [-0.4, -0.2) is 144 Å². The predicted octanol–water partition coefficient (Wildman–Crippen LogP) is -17.7. The van der Waals surface area contributed by atoms with Gasteiger partial charge in [-0.3, -0.25) is 0 Å². The second-order valence-electron chi connectivity index (χ2n) is 20.8. The van der Waals surface area contributed by atoms with Crippen LogP contribution in [0.2, 0.25) is 10.6 Å². The quantitative estimate of drug-likeness (QED) is 0.0221. The maximum Gasteiger partial charge on any atom is 1.00 e. The molecule has 2 aromatic heterocycles. The standard InChI is InChI=1S/C53H36Cl2N14O26S8.8Na/c54-48-60-50(64-52(62-48)58-34-19-26(96(72,73)74)15-23-17-38(100(84,85)86)42(44(70)40(23)34)68-66-32-12-10-28-30(46(32)102(90,91)92)6-2-8-36(28)98(78,79)80)56-21-22-4-1-5-25(14-22)57-51-61-49(55)63-53(65-51)59-35-20-27(97(75,76)77)16-24-18-39(101(87,88)89)43(45(71)41(24)35)69-67-33-13-11-29-31(47(33)103(93,94)95)7-3-9-37(29)99(81,82)83;;;;;;;;/h1-20,70-71H,21H2,(H,72,73,74)(H,75,76,77)(H,78,79,80)(H,81,82,83)(H,84,85,86)(H,87,88,89)(H,90,91,92)(H,93,94,95)(H2,56,58,60,62,64)(H2,57,59,61,63,65);;;;;;;;/q;8*+1/p-8. The number of azo groups is 2. The molecule has 536 valence electrons. The smallest absolute Gasteiger partial charge is 0.744 e. The molecule has 0 bridgehead atoms. The Labute approximate surface area is 814 Å². The van der Waals surface area contributed by atoms with Crippen molar-refractivity contribution < 1.29 is 350 Å². The first kappa shape index (κ1) is 103. The summed E-state index contributed by atoms with van der Waals surface area (Å²) < 4.78 is 299. The number of hydrogen-bond acceptors (Lipinski definition) is 40. The van der Waals surface area contributed by atoms with Crippen molar-refractivity contribution in [3.05, 3.63) is 137 Å². The third kappa shape index (κ3) is 23.9. The molecule has 0 aliphatic rings. The monoisotopic (exact) mass is 1790 g/mol. The molecule has 0 unspecified atom stereocenters. The van der Waals surface area contributed by atoms with Crippen LogP contribution in [-0.2, 0) is 87.5 Å². The molecular weight excluding hydrogens is 1760 g/mol. The minimum atomic E-state index is -5.84. The number of nitrogens with zero attached hydrogens (tertiary/aromatic N) is 10. The van der Waals surface area contributed by atoms with Gasteiger partial charge in [0.1, 0.15) is 104 Å². The fourth-order valence-electron chi connectivity index (χ4n) is 10.1. The molecule has 9 aromatic carbocycles. The van der Waals surface area contributed by atoms with Crippen LogP contribution in [0.3, 0.4) is 0 Å². The molecule has 0 aliphatic carbocycles. The summed E-state index contributed by atoms with van der Waals surface area (Å²) in [4.78, 5) is 14.4. The van der Waals surface area contributed by atoms with Crippen LogP contribution in [0.5, 0.6) is 11.5 Å². The van der Waals surface area contributed by atoms with Gasteiger partial charge in [-0.2, -0.15) is 29.9 Å². The Bertz CT molecular complexity index is 6650. The van der Waals surface area contributed by atoms with Crippen LogP contribution >= 0.6 is 23.2 Å². The van der Waals surface area contributed by atoms with E-state index in [9.17, 15) is 114 Å². The summed E-state index contributed by atoms with van der Waals surface area (Å²) in [5, 5.41) is 42.0. The molecule has 0 radical (unpaired) electrons. The van der Waals surface area contributed by atoms with Gasteiger partial charge in [-0.15, -0.1) is 20.5 Å². The average molecular weight is 1790 g/mol. The molecule has 0 saturated carbocycles. The molecule has 0 fully saturated rings. The number of aromatic hydroxyl groups is 2. The minimum Gasteiger partial charge on any atom is -0.744 e. The molecule has 0 amide bonds. The Morgan fingerprint density at radius 3 is 1.06 bits per heavy atom. The van der Waals surface area contributed by atoms with Crippen molar-refractivity contribution in [2.45, 2.75) is 45.7 Å².